The Morgan fingerprint density at radius 2 is 1.78 bits per heavy atom. The lowest BCUT2D eigenvalue weighted by Gasteiger charge is -2.13. The van der Waals surface area contributed by atoms with Crippen LogP contribution in [0.25, 0.3) is 22.5 Å². The molecule has 194 valence electrons. The van der Waals surface area contributed by atoms with E-state index < -0.39 is 5.97 Å². The molecular weight excluding hydrogens is 525 g/mol. The molecule has 37 heavy (non-hydrogen) atoms. The van der Waals surface area contributed by atoms with Crippen molar-refractivity contribution in [3.8, 4) is 22.5 Å². The van der Waals surface area contributed by atoms with Crippen LogP contribution < -0.4 is 5.32 Å². The van der Waals surface area contributed by atoms with E-state index in [2.05, 4.69) is 59.2 Å². The van der Waals surface area contributed by atoms with Gasteiger partial charge in [-0.3, -0.25) is 9.36 Å². The van der Waals surface area contributed by atoms with Gasteiger partial charge in [-0.05, 0) is 38.3 Å². The Morgan fingerprint density at radius 1 is 1.05 bits per heavy atom. The highest BCUT2D eigenvalue weighted by Gasteiger charge is 2.23. The van der Waals surface area contributed by atoms with Gasteiger partial charge in [0.2, 0.25) is 5.91 Å². The number of nitrogens with one attached hydrogen (secondary N) is 1. The molecule has 4 rings (SSSR count). The van der Waals surface area contributed by atoms with E-state index in [0.29, 0.717) is 21.6 Å². The molecule has 3 aromatic heterocycles. The van der Waals surface area contributed by atoms with Gasteiger partial charge in [0.05, 0.1) is 12.9 Å². The lowest BCUT2D eigenvalue weighted by atomic mass is 10.0. The van der Waals surface area contributed by atoms with Crippen LogP contribution in [0.5, 0.6) is 0 Å². The zero-order valence-electron chi connectivity index (χ0n) is 21.7. The molecule has 1 N–H and O–H groups in total. The molecule has 0 spiro atoms. The maximum absolute atomic E-state index is 12.9. The molecule has 0 fully saturated rings. The zero-order valence-corrected chi connectivity index (χ0v) is 24.1. The summed E-state index contributed by atoms with van der Waals surface area (Å²) in [6, 6.07) is 10.2. The van der Waals surface area contributed by atoms with Crippen molar-refractivity contribution in [1.29, 1.82) is 0 Å². The van der Waals surface area contributed by atoms with Crippen LogP contribution in [0.1, 0.15) is 60.5 Å². The van der Waals surface area contributed by atoms with Gasteiger partial charge in [0.1, 0.15) is 10.6 Å². The third-order valence-electron chi connectivity index (χ3n) is 5.76. The number of hydrogen-bond acceptors (Lipinski definition) is 8. The first-order valence-corrected chi connectivity index (χ1v) is 14.7. The number of thiophene rings is 2. The Bertz CT molecular complexity index is 1400. The summed E-state index contributed by atoms with van der Waals surface area (Å²) in [6.45, 7) is 10.5. The zero-order chi connectivity index (χ0) is 26.7. The van der Waals surface area contributed by atoms with E-state index in [1.165, 1.54) is 35.1 Å². The molecule has 7 nitrogen and oxygen atoms in total. The number of thioether (sulfide) groups is 1. The highest BCUT2D eigenvalue weighted by Crippen LogP contribution is 2.37. The summed E-state index contributed by atoms with van der Waals surface area (Å²) in [7, 11) is 1.34. The number of aryl methyl sites for hydroxylation is 1. The maximum Gasteiger partial charge on any atom is 0.341 e. The fourth-order valence-electron chi connectivity index (χ4n) is 3.80. The van der Waals surface area contributed by atoms with E-state index in [4.69, 9.17) is 4.74 Å². The van der Waals surface area contributed by atoms with E-state index in [1.807, 2.05) is 36.6 Å². The lowest BCUT2D eigenvalue weighted by Crippen LogP contribution is -2.16. The fraction of sp³-hybridized carbons (Fsp3) is 0.333. The minimum Gasteiger partial charge on any atom is -0.465 e. The quantitative estimate of drug-likeness (QED) is 0.173. The molecule has 0 saturated heterocycles. The normalized spacial score (nSPS) is 11.4. The number of ether oxygens (including phenoxy) is 1. The second kappa shape index (κ2) is 11.6. The van der Waals surface area contributed by atoms with E-state index in [0.717, 1.165) is 28.1 Å². The monoisotopic (exact) mass is 554 g/mol. The van der Waals surface area contributed by atoms with Crippen molar-refractivity contribution in [2.24, 2.45) is 0 Å². The van der Waals surface area contributed by atoms with Gasteiger partial charge in [0.25, 0.3) is 0 Å². The topological polar surface area (TPSA) is 86.1 Å². The summed E-state index contributed by atoms with van der Waals surface area (Å²) in [4.78, 5) is 26.9. The Labute approximate surface area is 229 Å². The molecule has 0 radical (unpaired) electrons. The molecule has 10 heteroatoms. The number of esters is 1. The summed E-state index contributed by atoms with van der Waals surface area (Å²) in [5.74, 6) is 0.662. The molecule has 4 aromatic rings. The fourth-order valence-corrected chi connectivity index (χ4v) is 6.55. The maximum atomic E-state index is 12.9. The van der Waals surface area contributed by atoms with Crippen LogP contribution in [0, 0.1) is 6.92 Å². The molecule has 0 aliphatic rings. The summed E-state index contributed by atoms with van der Waals surface area (Å²) in [6.07, 6.45) is 0. The van der Waals surface area contributed by atoms with Crippen LogP contribution >= 0.6 is 34.4 Å². The second-order valence-corrected chi connectivity index (χ2v) is 12.0. The summed E-state index contributed by atoms with van der Waals surface area (Å²) in [5.41, 5.74) is 4.15. The van der Waals surface area contributed by atoms with Crippen LogP contribution in [0.2, 0.25) is 0 Å². The minimum atomic E-state index is -0.486. The summed E-state index contributed by atoms with van der Waals surface area (Å²) < 4.78 is 7.09. The van der Waals surface area contributed by atoms with Crippen molar-refractivity contribution in [1.82, 2.24) is 14.8 Å². The summed E-state index contributed by atoms with van der Waals surface area (Å²) in [5, 5.41) is 16.9. The van der Waals surface area contributed by atoms with Gasteiger partial charge in [-0.2, -0.15) is 0 Å². The SMILES string of the molecule is COC(=O)c1c(-c2ccc(C)cc2)csc1NC(=O)CSc1nnc(-c2csc(C(C)C)c2)n1C(C)C. The van der Waals surface area contributed by atoms with Crippen molar-refractivity contribution >= 4 is 51.3 Å². The first-order chi connectivity index (χ1) is 17.7. The Morgan fingerprint density at radius 3 is 2.41 bits per heavy atom. The number of anilines is 1. The number of benzene rings is 1. The van der Waals surface area contributed by atoms with E-state index in [9.17, 15) is 9.59 Å². The van der Waals surface area contributed by atoms with Gasteiger partial charge < -0.3 is 10.1 Å². The van der Waals surface area contributed by atoms with Crippen LogP contribution in [-0.4, -0.2) is 39.5 Å². The number of carbonyl (C=O) groups is 2. The standard InChI is InChI=1S/C27H30N4O3S3/c1-15(2)21-11-19(12-35-21)24-29-30-27(31(24)16(3)4)37-14-22(32)28-25-23(26(33)34-6)20(13-36-25)18-9-7-17(5)8-10-18/h7-13,15-16H,14H2,1-6H3,(H,28,32). The van der Waals surface area contributed by atoms with E-state index in [-0.39, 0.29) is 17.7 Å². The number of carbonyl (C=O) groups excluding carboxylic acids is 2. The predicted molar refractivity (Wildman–Crippen MR) is 153 cm³/mol. The third kappa shape index (κ3) is 5.97. The van der Waals surface area contributed by atoms with Crippen LogP contribution in [0.4, 0.5) is 5.00 Å². The van der Waals surface area contributed by atoms with Crippen molar-refractivity contribution in [3.05, 3.63) is 57.1 Å². The average Bonchev–Trinajstić information content (AvgIpc) is 3.60. The molecule has 0 unspecified atom stereocenters. The van der Waals surface area contributed by atoms with Crippen molar-refractivity contribution < 1.29 is 14.3 Å². The third-order valence-corrected chi connectivity index (χ3v) is 8.83. The van der Waals surface area contributed by atoms with Gasteiger partial charge >= 0.3 is 5.97 Å². The smallest absolute Gasteiger partial charge is 0.341 e. The largest absolute Gasteiger partial charge is 0.465 e. The molecular formula is C27H30N4O3S3. The molecule has 0 saturated carbocycles. The number of nitrogens with zero attached hydrogens (tertiary/aromatic N) is 3. The lowest BCUT2D eigenvalue weighted by molar-refractivity contribution is -0.113. The van der Waals surface area contributed by atoms with Gasteiger partial charge in [0.15, 0.2) is 11.0 Å². The minimum absolute atomic E-state index is 0.123. The molecule has 1 amide bonds. The summed E-state index contributed by atoms with van der Waals surface area (Å²) >= 11 is 4.35. The average molecular weight is 555 g/mol. The van der Waals surface area contributed by atoms with Crippen LogP contribution in [0.3, 0.4) is 0 Å². The van der Waals surface area contributed by atoms with E-state index in [1.54, 1.807) is 11.3 Å². The number of hydrogen-bond donors (Lipinski definition) is 1. The number of amides is 1. The van der Waals surface area contributed by atoms with E-state index >= 15 is 0 Å². The Hall–Kier alpha value is -2.95. The molecule has 1 aromatic carbocycles. The van der Waals surface area contributed by atoms with Crippen LogP contribution in [-0.2, 0) is 9.53 Å². The highest BCUT2D eigenvalue weighted by atomic mass is 32.2. The van der Waals surface area contributed by atoms with Crippen molar-refractivity contribution in [2.75, 3.05) is 18.2 Å². The first kappa shape index (κ1) is 27.1. The first-order valence-electron chi connectivity index (χ1n) is 11.9. The van der Waals surface area contributed by atoms with Gasteiger partial charge in [-0.15, -0.1) is 32.9 Å². The molecule has 0 aliphatic heterocycles. The predicted octanol–water partition coefficient (Wildman–Crippen LogP) is 7.27. The van der Waals surface area contributed by atoms with Crippen molar-refractivity contribution in [2.45, 2.75) is 51.7 Å². The van der Waals surface area contributed by atoms with Gasteiger partial charge in [-0.1, -0.05) is 55.4 Å². The Balaban J connectivity index is 1.52. The van der Waals surface area contributed by atoms with Gasteiger partial charge in [0, 0.05) is 32.8 Å². The van der Waals surface area contributed by atoms with Crippen LogP contribution in [0.15, 0.2) is 46.2 Å². The second-order valence-electron chi connectivity index (χ2n) is 9.21. The number of aromatic nitrogens is 3. The number of rotatable bonds is 9. The highest BCUT2D eigenvalue weighted by molar-refractivity contribution is 7.99. The molecule has 3 heterocycles. The van der Waals surface area contributed by atoms with Crippen molar-refractivity contribution in [3.63, 3.8) is 0 Å². The molecule has 0 atom stereocenters. The van der Waals surface area contributed by atoms with Gasteiger partial charge in [-0.25, -0.2) is 4.79 Å². The number of methoxy groups -OCH3 is 1. The molecule has 0 bridgehead atoms. The Kier molecular flexibility index (Phi) is 8.51. The molecule has 0 aliphatic carbocycles.